The van der Waals surface area contributed by atoms with Crippen LogP contribution >= 0.6 is 0 Å². The van der Waals surface area contributed by atoms with E-state index in [0.717, 1.165) is 56.3 Å². The summed E-state index contributed by atoms with van der Waals surface area (Å²) < 4.78 is 16.6. The van der Waals surface area contributed by atoms with Crippen LogP contribution in [-0.4, -0.2) is 37.9 Å². The third-order valence-electron chi connectivity index (χ3n) is 4.73. The summed E-state index contributed by atoms with van der Waals surface area (Å²) in [5.41, 5.74) is 1.31. The van der Waals surface area contributed by atoms with Gasteiger partial charge in [0.25, 0.3) is 0 Å². The number of rotatable bonds is 11. The summed E-state index contributed by atoms with van der Waals surface area (Å²) in [6.07, 6.45) is 4.57. The smallest absolute Gasteiger partial charge is 0.231 e. The number of unbranched alkanes of at least 4 members (excludes halogenated alkanes) is 2. The Morgan fingerprint density at radius 3 is 2.62 bits per heavy atom. The van der Waals surface area contributed by atoms with Gasteiger partial charge in [0.2, 0.25) is 6.79 Å². The maximum atomic E-state index is 5.75. The second kappa shape index (κ2) is 10.1. The summed E-state index contributed by atoms with van der Waals surface area (Å²) in [6.45, 7) is 6.69. The number of hydrogen-bond donors (Lipinski definition) is 0. The van der Waals surface area contributed by atoms with Crippen LogP contribution in [0.25, 0.3) is 0 Å². The predicted octanol–water partition coefficient (Wildman–Crippen LogP) is 4.53. The highest BCUT2D eigenvalue weighted by molar-refractivity contribution is 5.44. The Morgan fingerprint density at radius 1 is 0.923 bits per heavy atom. The van der Waals surface area contributed by atoms with Crippen LogP contribution in [0.2, 0.25) is 0 Å². The Bertz CT molecular complexity index is 660. The molecule has 0 spiro atoms. The second-order valence-corrected chi connectivity index (χ2v) is 6.59. The van der Waals surface area contributed by atoms with Gasteiger partial charge in [-0.2, -0.15) is 0 Å². The summed E-state index contributed by atoms with van der Waals surface area (Å²) in [7, 11) is 0. The topological polar surface area (TPSA) is 30.9 Å². The van der Waals surface area contributed by atoms with Crippen molar-refractivity contribution in [3.63, 3.8) is 0 Å². The van der Waals surface area contributed by atoms with E-state index in [1.807, 2.05) is 36.4 Å². The maximum Gasteiger partial charge on any atom is 0.231 e. The number of nitrogens with zero attached hydrogens (tertiary/aromatic N) is 1. The van der Waals surface area contributed by atoms with Crippen LogP contribution in [0.5, 0.6) is 17.2 Å². The molecule has 2 aromatic rings. The SMILES string of the molecule is CCN(CCCCCOc1ccccc1)CCc1ccc2c(c1)OCO2. The van der Waals surface area contributed by atoms with E-state index in [1.54, 1.807) is 0 Å². The van der Waals surface area contributed by atoms with Gasteiger partial charge in [-0.3, -0.25) is 0 Å². The normalized spacial score (nSPS) is 12.5. The molecule has 0 bridgehead atoms. The van der Waals surface area contributed by atoms with Gasteiger partial charge in [0, 0.05) is 6.54 Å². The van der Waals surface area contributed by atoms with Gasteiger partial charge in [-0.25, -0.2) is 0 Å². The van der Waals surface area contributed by atoms with Crippen LogP contribution in [0.1, 0.15) is 31.7 Å². The number of benzene rings is 2. The zero-order chi connectivity index (χ0) is 18.0. The minimum Gasteiger partial charge on any atom is -0.494 e. The lowest BCUT2D eigenvalue weighted by molar-refractivity contribution is 0.174. The molecule has 0 fully saturated rings. The molecule has 0 saturated heterocycles. The highest BCUT2D eigenvalue weighted by Gasteiger charge is 2.13. The fourth-order valence-corrected chi connectivity index (χ4v) is 3.13. The number of ether oxygens (including phenoxy) is 3. The Hall–Kier alpha value is -2.20. The summed E-state index contributed by atoms with van der Waals surface area (Å²) >= 11 is 0. The Kier molecular flexibility index (Phi) is 7.20. The van der Waals surface area contributed by atoms with E-state index in [-0.39, 0.29) is 0 Å². The van der Waals surface area contributed by atoms with Crippen molar-refractivity contribution in [2.24, 2.45) is 0 Å². The predicted molar refractivity (Wildman–Crippen MR) is 104 cm³/mol. The monoisotopic (exact) mass is 355 g/mol. The van der Waals surface area contributed by atoms with Gasteiger partial charge in [-0.1, -0.05) is 31.2 Å². The number of likely N-dealkylation sites (N-methyl/N-ethyl adjacent to an activating group) is 1. The molecule has 26 heavy (non-hydrogen) atoms. The van der Waals surface area contributed by atoms with Crippen LogP contribution in [0.3, 0.4) is 0 Å². The van der Waals surface area contributed by atoms with E-state index in [0.29, 0.717) is 6.79 Å². The first-order valence-electron chi connectivity index (χ1n) is 9.64. The molecular weight excluding hydrogens is 326 g/mol. The number of para-hydroxylation sites is 1. The van der Waals surface area contributed by atoms with Crippen LogP contribution in [0.4, 0.5) is 0 Å². The van der Waals surface area contributed by atoms with E-state index in [9.17, 15) is 0 Å². The first kappa shape index (κ1) is 18.6. The van der Waals surface area contributed by atoms with Gasteiger partial charge in [-0.15, -0.1) is 0 Å². The van der Waals surface area contributed by atoms with Crippen LogP contribution in [0, 0.1) is 0 Å². The first-order chi connectivity index (χ1) is 12.8. The van der Waals surface area contributed by atoms with Crippen molar-refractivity contribution in [3.05, 3.63) is 54.1 Å². The average molecular weight is 355 g/mol. The molecule has 1 aliphatic rings. The number of hydrogen-bond acceptors (Lipinski definition) is 4. The minimum absolute atomic E-state index is 0.341. The van der Waals surface area contributed by atoms with E-state index in [1.165, 1.54) is 18.4 Å². The summed E-state index contributed by atoms with van der Waals surface area (Å²) in [4.78, 5) is 2.52. The highest BCUT2D eigenvalue weighted by atomic mass is 16.7. The molecule has 4 heteroatoms. The van der Waals surface area contributed by atoms with E-state index in [4.69, 9.17) is 14.2 Å². The molecule has 3 rings (SSSR count). The van der Waals surface area contributed by atoms with Gasteiger partial charge in [0.15, 0.2) is 11.5 Å². The third kappa shape index (κ3) is 5.67. The van der Waals surface area contributed by atoms with Gasteiger partial charge in [-0.05, 0) is 68.6 Å². The molecule has 1 aliphatic heterocycles. The quantitative estimate of drug-likeness (QED) is 0.554. The Balaban J connectivity index is 1.29. The Labute approximate surface area is 156 Å². The van der Waals surface area contributed by atoms with Crippen LogP contribution < -0.4 is 14.2 Å². The molecule has 0 amide bonds. The van der Waals surface area contributed by atoms with Crippen molar-refractivity contribution >= 4 is 0 Å². The summed E-state index contributed by atoms with van der Waals surface area (Å²) in [5.74, 6) is 2.70. The van der Waals surface area contributed by atoms with E-state index >= 15 is 0 Å². The first-order valence-corrected chi connectivity index (χ1v) is 9.64. The zero-order valence-corrected chi connectivity index (χ0v) is 15.7. The van der Waals surface area contributed by atoms with Gasteiger partial charge >= 0.3 is 0 Å². The lowest BCUT2D eigenvalue weighted by Gasteiger charge is -2.20. The molecule has 0 aromatic heterocycles. The zero-order valence-electron chi connectivity index (χ0n) is 15.7. The third-order valence-corrected chi connectivity index (χ3v) is 4.73. The molecule has 4 nitrogen and oxygen atoms in total. The van der Waals surface area contributed by atoms with Gasteiger partial charge in [0.05, 0.1) is 6.61 Å². The molecule has 0 aliphatic carbocycles. The second-order valence-electron chi connectivity index (χ2n) is 6.59. The molecule has 140 valence electrons. The molecule has 2 aromatic carbocycles. The van der Waals surface area contributed by atoms with Crippen molar-refractivity contribution in [1.82, 2.24) is 4.90 Å². The fraction of sp³-hybridized carbons (Fsp3) is 0.455. The van der Waals surface area contributed by atoms with Crippen LogP contribution in [0.15, 0.2) is 48.5 Å². The molecule has 0 radical (unpaired) electrons. The summed E-state index contributed by atoms with van der Waals surface area (Å²) in [5, 5.41) is 0. The van der Waals surface area contributed by atoms with E-state index in [2.05, 4.69) is 24.0 Å². The standard InChI is InChI=1S/C22H29NO3/c1-2-23(14-7-4-8-16-24-20-9-5-3-6-10-20)15-13-19-11-12-21-22(17-19)26-18-25-21/h3,5-6,9-12,17H,2,4,7-8,13-16,18H2,1H3. The van der Waals surface area contributed by atoms with E-state index < -0.39 is 0 Å². The molecule has 0 N–H and O–H groups in total. The van der Waals surface area contributed by atoms with Gasteiger partial charge in [0.1, 0.15) is 5.75 Å². The molecule has 0 saturated carbocycles. The van der Waals surface area contributed by atoms with Crippen molar-refractivity contribution in [2.45, 2.75) is 32.6 Å². The lowest BCUT2D eigenvalue weighted by atomic mass is 10.1. The van der Waals surface area contributed by atoms with Crippen molar-refractivity contribution in [2.75, 3.05) is 33.0 Å². The highest BCUT2D eigenvalue weighted by Crippen LogP contribution is 2.32. The minimum atomic E-state index is 0.341. The molecule has 0 unspecified atom stereocenters. The number of fused-ring (bicyclic) bond motifs is 1. The average Bonchev–Trinajstić information content (AvgIpc) is 3.15. The van der Waals surface area contributed by atoms with Crippen molar-refractivity contribution in [1.29, 1.82) is 0 Å². The lowest BCUT2D eigenvalue weighted by Crippen LogP contribution is -2.27. The van der Waals surface area contributed by atoms with Crippen LogP contribution in [-0.2, 0) is 6.42 Å². The molecule has 1 heterocycles. The van der Waals surface area contributed by atoms with Gasteiger partial charge < -0.3 is 19.1 Å². The van der Waals surface area contributed by atoms with Crippen molar-refractivity contribution in [3.8, 4) is 17.2 Å². The largest absolute Gasteiger partial charge is 0.494 e. The van der Waals surface area contributed by atoms with Crippen molar-refractivity contribution < 1.29 is 14.2 Å². The Morgan fingerprint density at radius 2 is 1.77 bits per heavy atom. The fourth-order valence-electron chi connectivity index (χ4n) is 3.13. The molecular formula is C22H29NO3. The molecule has 0 atom stereocenters. The maximum absolute atomic E-state index is 5.75. The summed E-state index contributed by atoms with van der Waals surface area (Å²) in [6, 6.07) is 16.3.